The third kappa shape index (κ3) is 2.80. The van der Waals surface area contributed by atoms with Crippen molar-refractivity contribution in [2.75, 3.05) is 0 Å². The molecule has 2 aromatic heterocycles. The number of pyridine rings is 1. The van der Waals surface area contributed by atoms with Gasteiger partial charge in [-0.3, -0.25) is 4.98 Å². The van der Waals surface area contributed by atoms with Gasteiger partial charge in [-0.15, -0.1) is 15.0 Å². The van der Waals surface area contributed by atoms with Crippen molar-refractivity contribution in [3.05, 3.63) is 54.4 Å². The van der Waals surface area contributed by atoms with Crippen LogP contribution in [0.4, 0.5) is 0 Å². The fourth-order valence-corrected chi connectivity index (χ4v) is 1.97. The van der Waals surface area contributed by atoms with E-state index < -0.39 is 0 Å². The zero-order chi connectivity index (χ0) is 14.7. The van der Waals surface area contributed by atoms with E-state index in [4.69, 9.17) is 5.73 Å². The zero-order valence-corrected chi connectivity index (χ0v) is 11.7. The van der Waals surface area contributed by atoms with Gasteiger partial charge in [0.25, 0.3) is 0 Å². The maximum atomic E-state index is 5.95. The lowest BCUT2D eigenvalue weighted by Crippen LogP contribution is -2.11. The van der Waals surface area contributed by atoms with Crippen molar-refractivity contribution in [1.29, 1.82) is 0 Å². The Kier molecular flexibility index (Phi) is 3.70. The number of hydrogen-bond acceptors (Lipinski definition) is 5. The monoisotopic (exact) mass is 280 g/mol. The van der Waals surface area contributed by atoms with Crippen molar-refractivity contribution in [1.82, 2.24) is 25.2 Å². The molecule has 0 bridgehead atoms. The van der Waals surface area contributed by atoms with Crippen LogP contribution in [0.1, 0.15) is 25.1 Å². The second-order valence-corrected chi connectivity index (χ2v) is 4.72. The third-order valence-corrected chi connectivity index (χ3v) is 3.27. The van der Waals surface area contributed by atoms with Gasteiger partial charge in [0.2, 0.25) is 5.82 Å². The molecule has 0 aliphatic heterocycles. The lowest BCUT2D eigenvalue weighted by Gasteiger charge is -2.07. The van der Waals surface area contributed by atoms with Crippen LogP contribution in [0, 0.1) is 0 Å². The molecule has 6 heteroatoms. The second kappa shape index (κ2) is 5.80. The summed E-state index contributed by atoms with van der Waals surface area (Å²) in [5.74, 6) is 0.588. The summed E-state index contributed by atoms with van der Waals surface area (Å²) in [6, 6.07) is 13.5. The maximum absolute atomic E-state index is 5.95. The minimum Gasteiger partial charge on any atom is -0.323 e. The highest BCUT2D eigenvalue weighted by Crippen LogP contribution is 2.15. The van der Waals surface area contributed by atoms with Gasteiger partial charge in [0.1, 0.15) is 5.69 Å². The van der Waals surface area contributed by atoms with Crippen LogP contribution in [0.15, 0.2) is 48.7 Å². The minimum atomic E-state index is -0.0392. The third-order valence-electron chi connectivity index (χ3n) is 3.27. The predicted molar refractivity (Wildman–Crippen MR) is 79.6 cm³/mol. The maximum Gasteiger partial charge on any atom is 0.205 e. The highest BCUT2D eigenvalue weighted by molar-refractivity contribution is 5.53. The highest BCUT2D eigenvalue weighted by Gasteiger charge is 2.09. The minimum absolute atomic E-state index is 0.0392. The summed E-state index contributed by atoms with van der Waals surface area (Å²) >= 11 is 0. The van der Waals surface area contributed by atoms with Crippen molar-refractivity contribution in [2.45, 2.75) is 19.4 Å². The molecular weight excluding hydrogens is 264 g/mol. The van der Waals surface area contributed by atoms with Crippen LogP contribution in [0.2, 0.25) is 0 Å². The van der Waals surface area contributed by atoms with Gasteiger partial charge >= 0.3 is 0 Å². The van der Waals surface area contributed by atoms with Crippen molar-refractivity contribution < 1.29 is 0 Å². The van der Waals surface area contributed by atoms with Crippen molar-refractivity contribution >= 4 is 0 Å². The topological polar surface area (TPSA) is 82.5 Å². The van der Waals surface area contributed by atoms with E-state index in [0.29, 0.717) is 5.82 Å². The smallest absolute Gasteiger partial charge is 0.205 e. The van der Waals surface area contributed by atoms with Crippen LogP contribution in [-0.4, -0.2) is 25.2 Å². The summed E-state index contributed by atoms with van der Waals surface area (Å²) in [7, 11) is 0. The lowest BCUT2D eigenvalue weighted by molar-refractivity contribution is 0.669. The quantitative estimate of drug-likeness (QED) is 0.791. The number of aromatic nitrogens is 5. The molecule has 21 heavy (non-hydrogen) atoms. The second-order valence-electron chi connectivity index (χ2n) is 4.72. The van der Waals surface area contributed by atoms with E-state index in [1.54, 1.807) is 6.20 Å². The molecule has 3 rings (SSSR count). The van der Waals surface area contributed by atoms with E-state index in [0.717, 1.165) is 23.4 Å². The number of hydrogen-bond donors (Lipinski definition) is 1. The summed E-state index contributed by atoms with van der Waals surface area (Å²) in [6.07, 6.45) is 2.56. The molecule has 6 nitrogen and oxygen atoms in total. The van der Waals surface area contributed by atoms with E-state index >= 15 is 0 Å². The molecule has 2 N–H and O–H groups in total. The Morgan fingerprint density at radius 3 is 2.62 bits per heavy atom. The van der Waals surface area contributed by atoms with Crippen molar-refractivity contribution in [3.63, 3.8) is 0 Å². The predicted octanol–water partition coefficient (Wildman–Crippen LogP) is 2.13. The first kappa shape index (κ1) is 13.4. The largest absolute Gasteiger partial charge is 0.323 e. The van der Waals surface area contributed by atoms with Crippen LogP contribution in [0.5, 0.6) is 0 Å². The standard InChI is InChI=1S/C15H16N6/c1-2-13(16)14-9-8-12(10-17-14)21-19-15(18-20-21)11-6-4-3-5-7-11/h3-10,13H,2,16H2,1H3/t13-/m1/s1. The van der Waals surface area contributed by atoms with Crippen LogP contribution in [0.3, 0.4) is 0 Å². The van der Waals surface area contributed by atoms with Crippen molar-refractivity contribution in [2.24, 2.45) is 5.73 Å². The average molecular weight is 280 g/mol. The van der Waals surface area contributed by atoms with Crippen LogP contribution < -0.4 is 5.73 Å². The number of rotatable bonds is 4. The Balaban J connectivity index is 1.86. The first-order valence-electron chi connectivity index (χ1n) is 6.85. The van der Waals surface area contributed by atoms with Gasteiger partial charge in [0, 0.05) is 11.6 Å². The number of nitrogens with zero attached hydrogens (tertiary/aromatic N) is 5. The summed E-state index contributed by atoms with van der Waals surface area (Å²) in [5.41, 5.74) is 8.51. The summed E-state index contributed by atoms with van der Waals surface area (Å²) in [5, 5.41) is 12.5. The molecule has 0 amide bonds. The molecule has 0 saturated carbocycles. The van der Waals surface area contributed by atoms with Gasteiger partial charge in [-0.1, -0.05) is 37.3 Å². The molecule has 0 aliphatic carbocycles. The van der Waals surface area contributed by atoms with Gasteiger partial charge in [-0.2, -0.15) is 0 Å². The van der Waals surface area contributed by atoms with Crippen LogP contribution in [-0.2, 0) is 0 Å². The SMILES string of the molecule is CC[C@@H](N)c1ccc(-n2nnc(-c3ccccc3)n2)cn1. The molecule has 0 aliphatic rings. The fourth-order valence-electron chi connectivity index (χ4n) is 1.97. The van der Waals surface area contributed by atoms with Gasteiger partial charge in [0.15, 0.2) is 0 Å². The molecule has 2 heterocycles. The normalized spacial score (nSPS) is 12.3. The fraction of sp³-hybridized carbons (Fsp3) is 0.200. The number of nitrogens with two attached hydrogens (primary N) is 1. The highest BCUT2D eigenvalue weighted by atomic mass is 15.6. The average Bonchev–Trinajstić information content (AvgIpc) is 3.05. The molecule has 0 radical (unpaired) electrons. The molecule has 3 aromatic rings. The first-order chi connectivity index (χ1) is 10.3. The van der Waals surface area contributed by atoms with Gasteiger partial charge in [-0.05, 0) is 23.8 Å². The Morgan fingerprint density at radius 1 is 1.14 bits per heavy atom. The van der Waals surface area contributed by atoms with Gasteiger partial charge < -0.3 is 5.73 Å². The molecule has 0 unspecified atom stereocenters. The van der Waals surface area contributed by atoms with E-state index in [9.17, 15) is 0 Å². The molecule has 106 valence electrons. The van der Waals surface area contributed by atoms with E-state index in [1.807, 2.05) is 49.4 Å². The first-order valence-corrected chi connectivity index (χ1v) is 6.85. The summed E-state index contributed by atoms with van der Waals surface area (Å²) in [6.45, 7) is 2.03. The van der Waals surface area contributed by atoms with Gasteiger partial charge in [-0.25, -0.2) is 0 Å². The van der Waals surface area contributed by atoms with Gasteiger partial charge in [0.05, 0.1) is 11.9 Å². The Labute approximate surface area is 122 Å². The molecule has 1 aromatic carbocycles. The van der Waals surface area contributed by atoms with E-state index in [2.05, 4.69) is 20.4 Å². The van der Waals surface area contributed by atoms with Crippen LogP contribution in [0.25, 0.3) is 17.1 Å². The van der Waals surface area contributed by atoms with Crippen molar-refractivity contribution in [3.8, 4) is 17.1 Å². The van der Waals surface area contributed by atoms with E-state index in [1.165, 1.54) is 4.80 Å². The summed E-state index contributed by atoms with van der Waals surface area (Å²) in [4.78, 5) is 5.82. The molecule has 0 spiro atoms. The van der Waals surface area contributed by atoms with Crippen LogP contribution >= 0.6 is 0 Å². The number of benzene rings is 1. The summed E-state index contributed by atoms with van der Waals surface area (Å²) < 4.78 is 0. The number of tetrazole rings is 1. The Morgan fingerprint density at radius 2 is 1.95 bits per heavy atom. The lowest BCUT2D eigenvalue weighted by atomic mass is 10.1. The Hall–Kier alpha value is -2.60. The molecular formula is C15H16N6. The van der Waals surface area contributed by atoms with E-state index in [-0.39, 0.29) is 6.04 Å². The molecule has 1 atom stereocenters. The molecule has 0 saturated heterocycles. The Bertz CT molecular complexity index is 705. The zero-order valence-electron chi connectivity index (χ0n) is 11.7. The molecule has 0 fully saturated rings.